The first-order chi connectivity index (χ1) is 9.06. The van der Waals surface area contributed by atoms with Gasteiger partial charge < -0.3 is 5.73 Å². The quantitative estimate of drug-likeness (QED) is 0.742. The van der Waals surface area contributed by atoms with E-state index in [9.17, 15) is 4.39 Å². The normalized spacial score (nSPS) is 11.1. The first kappa shape index (κ1) is 11.9. The summed E-state index contributed by atoms with van der Waals surface area (Å²) in [4.78, 5) is 8.48. The highest BCUT2D eigenvalue weighted by Gasteiger charge is 2.15. The number of rotatable bonds is 1. The molecule has 2 N–H and O–H groups in total. The molecular weight excluding hydrogens is 269 g/mol. The average Bonchev–Trinajstić information content (AvgIpc) is 2.77. The fourth-order valence-corrected chi connectivity index (χ4v) is 1.99. The van der Waals surface area contributed by atoms with Gasteiger partial charge in [-0.15, -0.1) is 5.10 Å². The Morgan fingerprint density at radius 1 is 1.21 bits per heavy atom. The highest BCUT2D eigenvalue weighted by molar-refractivity contribution is 6.32. The molecular formula is C12H9ClFN5. The number of halogens is 2. The molecule has 1 aromatic carbocycles. The highest BCUT2D eigenvalue weighted by Crippen LogP contribution is 2.27. The van der Waals surface area contributed by atoms with Crippen molar-refractivity contribution in [3.05, 3.63) is 41.1 Å². The molecule has 2 aromatic heterocycles. The average molecular weight is 278 g/mol. The van der Waals surface area contributed by atoms with E-state index in [2.05, 4.69) is 15.1 Å². The van der Waals surface area contributed by atoms with Crippen molar-refractivity contribution in [2.45, 2.75) is 6.92 Å². The summed E-state index contributed by atoms with van der Waals surface area (Å²) < 4.78 is 14.4. The first-order valence-electron chi connectivity index (χ1n) is 5.50. The fourth-order valence-electron chi connectivity index (χ4n) is 1.83. The van der Waals surface area contributed by atoms with Crippen LogP contribution < -0.4 is 5.73 Å². The van der Waals surface area contributed by atoms with E-state index in [1.54, 1.807) is 19.1 Å². The lowest BCUT2D eigenvalue weighted by Gasteiger charge is -2.06. The molecule has 3 aromatic rings. The van der Waals surface area contributed by atoms with Crippen LogP contribution in [0.3, 0.4) is 0 Å². The summed E-state index contributed by atoms with van der Waals surface area (Å²) in [6.45, 7) is 1.74. The Labute approximate surface area is 112 Å². The first-order valence-corrected chi connectivity index (χ1v) is 5.88. The van der Waals surface area contributed by atoms with Gasteiger partial charge in [-0.3, -0.25) is 0 Å². The van der Waals surface area contributed by atoms with Gasteiger partial charge in [-0.1, -0.05) is 11.6 Å². The molecule has 0 aliphatic carbocycles. The van der Waals surface area contributed by atoms with Gasteiger partial charge in [0.25, 0.3) is 0 Å². The van der Waals surface area contributed by atoms with Gasteiger partial charge in [-0.2, -0.15) is 4.52 Å². The Morgan fingerprint density at radius 3 is 2.58 bits per heavy atom. The summed E-state index contributed by atoms with van der Waals surface area (Å²) in [5, 5.41) is 4.37. The van der Waals surface area contributed by atoms with Crippen LogP contribution >= 0.6 is 11.6 Å². The number of anilines is 1. The van der Waals surface area contributed by atoms with Crippen molar-refractivity contribution in [1.29, 1.82) is 0 Å². The third kappa shape index (κ3) is 1.90. The van der Waals surface area contributed by atoms with Crippen molar-refractivity contribution >= 4 is 23.1 Å². The van der Waals surface area contributed by atoms with Crippen LogP contribution in [-0.2, 0) is 0 Å². The lowest BCUT2D eigenvalue weighted by molar-refractivity contribution is 0.628. The van der Waals surface area contributed by atoms with Crippen molar-refractivity contribution in [3.8, 4) is 11.3 Å². The summed E-state index contributed by atoms with van der Waals surface area (Å²) in [5.41, 5.74) is 7.46. The maximum Gasteiger partial charge on any atom is 0.183 e. The van der Waals surface area contributed by atoms with Crippen LogP contribution in [0.2, 0.25) is 5.15 Å². The molecule has 0 bridgehead atoms. The number of hydrogen-bond donors (Lipinski definition) is 1. The van der Waals surface area contributed by atoms with Crippen molar-refractivity contribution in [2.24, 2.45) is 0 Å². The molecule has 19 heavy (non-hydrogen) atoms. The van der Waals surface area contributed by atoms with Crippen molar-refractivity contribution in [3.63, 3.8) is 0 Å². The Kier molecular flexibility index (Phi) is 2.60. The molecule has 7 heteroatoms. The predicted molar refractivity (Wildman–Crippen MR) is 70.3 cm³/mol. The van der Waals surface area contributed by atoms with Crippen molar-refractivity contribution in [2.75, 3.05) is 5.73 Å². The number of nitrogen functional groups attached to an aromatic ring is 1. The zero-order chi connectivity index (χ0) is 13.6. The summed E-state index contributed by atoms with van der Waals surface area (Å²) >= 11 is 6.04. The number of aryl methyl sites for hydroxylation is 1. The van der Waals surface area contributed by atoms with E-state index in [0.29, 0.717) is 22.7 Å². The van der Waals surface area contributed by atoms with E-state index >= 15 is 0 Å². The Balaban J connectivity index is 2.34. The largest absolute Gasteiger partial charge is 0.381 e. The van der Waals surface area contributed by atoms with Crippen LogP contribution in [0.1, 0.15) is 5.82 Å². The fraction of sp³-hybridized carbons (Fsp3) is 0.0833. The molecule has 0 unspecified atom stereocenters. The van der Waals surface area contributed by atoms with E-state index in [0.717, 1.165) is 0 Å². The second-order valence-corrected chi connectivity index (χ2v) is 4.40. The van der Waals surface area contributed by atoms with Crippen LogP contribution in [0, 0.1) is 12.7 Å². The molecule has 96 valence electrons. The maximum absolute atomic E-state index is 13.0. The standard InChI is InChI=1S/C12H9ClFN5/c1-6-16-12-9(7-2-4-8(14)5-3-7)17-11(15)10(13)19(12)18-6/h2-5H,15H2,1H3. The molecule has 2 heterocycles. The molecule has 3 rings (SSSR count). The van der Waals surface area contributed by atoms with Gasteiger partial charge in [-0.25, -0.2) is 14.4 Å². The van der Waals surface area contributed by atoms with E-state index in [-0.39, 0.29) is 16.8 Å². The molecule has 0 saturated heterocycles. The molecule has 0 amide bonds. The van der Waals surface area contributed by atoms with Gasteiger partial charge in [0, 0.05) is 5.56 Å². The van der Waals surface area contributed by atoms with Gasteiger partial charge in [0.05, 0.1) is 0 Å². The van der Waals surface area contributed by atoms with E-state index < -0.39 is 0 Å². The van der Waals surface area contributed by atoms with Crippen LogP contribution in [0.4, 0.5) is 10.2 Å². The summed E-state index contributed by atoms with van der Waals surface area (Å²) in [6.07, 6.45) is 0. The lowest BCUT2D eigenvalue weighted by Crippen LogP contribution is -2.02. The Hall–Kier alpha value is -2.21. The van der Waals surface area contributed by atoms with Crippen LogP contribution in [0.15, 0.2) is 24.3 Å². The second kappa shape index (κ2) is 4.17. The van der Waals surface area contributed by atoms with Gasteiger partial charge in [0.2, 0.25) is 0 Å². The van der Waals surface area contributed by atoms with E-state index in [4.69, 9.17) is 17.3 Å². The van der Waals surface area contributed by atoms with Crippen LogP contribution in [0.25, 0.3) is 16.9 Å². The van der Waals surface area contributed by atoms with E-state index in [1.165, 1.54) is 16.6 Å². The smallest absolute Gasteiger partial charge is 0.183 e. The number of benzene rings is 1. The number of fused-ring (bicyclic) bond motifs is 1. The molecule has 0 fully saturated rings. The Bertz CT molecular complexity index is 766. The van der Waals surface area contributed by atoms with Gasteiger partial charge >= 0.3 is 0 Å². The van der Waals surface area contributed by atoms with Gasteiger partial charge in [0.15, 0.2) is 16.6 Å². The number of aromatic nitrogens is 4. The summed E-state index contributed by atoms with van der Waals surface area (Å²) in [6, 6.07) is 5.91. The molecule has 0 aliphatic heterocycles. The zero-order valence-electron chi connectivity index (χ0n) is 9.93. The van der Waals surface area contributed by atoms with Crippen molar-refractivity contribution in [1.82, 2.24) is 19.6 Å². The predicted octanol–water partition coefficient (Wildman–Crippen LogP) is 2.47. The van der Waals surface area contributed by atoms with Crippen molar-refractivity contribution < 1.29 is 4.39 Å². The van der Waals surface area contributed by atoms with Crippen LogP contribution in [0.5, 0.6) is 0 Å². The van der Waals surface area contributed by atoms with Gasteiger partial charge in [-0.05, 0) is 31.2 Å². The molecule has 5 nitrogen and oxygen atoms in total. The number of hydrogen-bond acceptors (Lipinski definition) is 4. The number of nitrogens with two attached hydrogens (primary N) is 1. The molecule has 0 aliphatic rings. The lowest BCUT2D eigenvalue weighted by atomic mass is 10.1. The molecule has 0 radical (unpaired) electrons. The van der Waals surface area contributed by atoms with Gasteiger partial charge in [0.1, 0.15) is 17.3 Å². The zero-order valence-corrected chi connectivity index (χ0v) is 10.7. The molecule has 0 spiro atoms. The summed E-state index contributed by atoms with van der Waals surface area (Å²) in [7, 11) is 0. The second-order valence-electron chi connectivity index (χ2n) is 4.04. The minimum absolute atomic E-state index is 0.151. The maximum atomic E-state index is 13.0. The SMILES string of the molecule is Cc1nc2c(-c3ccc(F)cc3)nc(N)c(Cl)n2n1. The molecule has 0 saturated carbocycles. The highest BCUT2D eigenvalue weighted by atomic mass is 35.5. The van der Waals surface area contributed by atoms with E-state index in [1.807, 2.05) is 0 Å². The number of nitrogens with zero attached hydrogens (tertiary/aromatic N) is 4. The topological polar surface area (TPSA) is 69.1 Å². The third-order valence-corrected chi connectivity index (χ3v) is 3.03. The molecule has 0 atom stereocenters. The monoisotopic (exact) mass is 277 g/mol. The summed E-state index contributed by atoms with van der Waals surface area (Å²) in [5.74, 6) is 0.385. The van der Waals surface area contributed by atoms with Crippen LogP contribution in [-0.4, -0.2) is 19.6 Å². The third-order valence-electron chi connectivity index (χ3n) is 2.67. The Morgan fingerprint density at radius 2 is 1.89 bits per heavy atom. The minimum Gasteiger partial charge on any atom is -0.381 e. The minimum atomic E-state index is -0.320.